The molecule has 4 rings (SSSR count). The minimum atomic E-state index is -0.561. The fraction of sp³-hybridized carbons (Fsp3) is 0.500. The fourth-order valence-corrected chi connectivity index (χ4v) is 4.68. The van der Waals surface area contributed by atoms with Gasteiger partial charge in [0.1, 0.15) is 6.04 Å². The number of nitrogens with zero attached hydrogens (tertiary/aromatic N) is 4. The molecule has 3 atom stereocenters. The predicted molar refractivity (Wildman–Crippen MR) is 108 cm³/mol. The van der Waals surface area contributed by atoms with Crippen LogP contribution in [0.3, 0.4) is 0 Å². The lowest BCUT2D eigenvalue weighted by Gasteiger charge is -2.36. The number of imidazole rings is 1. The highest BCUT2D eigenvalue weighted by atomic mass is 16.2. The van der Waals surface area contributed by atoms with Crippen LogP contribution in [0.4, 0.5) is 5.69 Å². The molecule has 6 heteroatoms. The van der Waals surface area contributed by atoms with Crippen molar-refractivity contribution in [2.45, 2.75) is 39.2 Å². The Hall–Kier alpha value is -2.63. The number of hydrogen-bond donors (Lipinski definition) is 0. The molecule has 148 valence electrons. The summed E-state index contributed by atoms with van der Waals surface area (Å²) in [4.78, 5) is 34.4. The van der Waals surface area contributed by atoms with Gasteiger partial charge in [0.15, 0.2) is 0 Å². The zero-order chi connectivity index (χ0) is 19.7. The summed E-state index contributed by atoms with van der Waals surface area (Å²) in [5, 5.41) is 0. The van der Waals surface area contributed by atoms with Crippen LogP contribution in [0.15, 0.2) is 43.0 Å². The minimum absolute atomic E-state index is 0.0330. The molecule has 2 aromatic rings. The van der Waals surface area contributed by atoms with Crippen LogP contribution in [-0.4, -0.2) is 45.9 Å². The number of likely N-dealkylation sites (tertiary alicyclic amines) is 1. The summed E-state index contributed by atoms with van der Waals surface area (Å²) in [6.45, 7) is 6.60. The van der Waals surface area contributed by atoms with E-state index in [1.54, 1.807) is 23.3 Å². The van der Waals surface area contributed by atoms with Gasteiger partial charge in [-0.05, 0) is 36.3 Å². The highest BCUT2D eigenvalue weighted by Gasteiger charge is 2.34. The van der Waals surface area contributed by atoms with Gasteiger partial charge in [-0.3, -0.25) is 9.59 Å². The molecule has 6 nitrogen and oxygen atoms in total. The second-order valence-corrected chi connectivity index (χ2v) is 8.34. The van der Waals surface area contributed by atoms with Gasteiger partial charge in [0.05, 0.1) is 12.7 Å². The number of amides is 2. The van der Waals surface area contributed by atoms with E-state index in [1.165, 1.54) is 5.56 Å². The van der Waals surface area contributed by atoms with Gasteiger partial charge in [0, 0.05) is 37.7 Å². The van der Waals surface area contributed by atoms with Crippen LogP contribution in [0, 0.1) is 11.8 Å². The van der Waals surface area contributed by atoms with Crippen LogP contribution in [0.2, 0.25) is 0 Å². The van der Waals surface area contributed by atoms with Crippen molar-refractivity contribution < 1.29 is 9.59 Å². The maximum absolute atomic E-state index is 13.5. The normalized spacial score (nSPS) is 22.8. The largest absolute Gasteiger partial charge is 0.342 e. The van der Waals surface area contributed by atoms with E-state index in [9.17, 15) is 9.59 Å². The van der Waals surface area contributed by atoms with Crippen LogP contribution < -0.4 is 4.90 Å². The SMILES string of the molecule is CC1CC(C)CN(C(=O)CC(C(=O)N2CCc3ccccc32)n2ccnc2)C1. The third-order valence-electron chi connectivity index (χ3n) is 5.91. The van der Waals surface area contributed by atoms with Gasteiger partial charge in [-0.15, -0.1) is 0 Å². The number of aromatic nitrogens is 2. The number of carbonyl (C=O) groups excluding carboxylic acids is 2. The molecule has 2 aliphatic rings. The summed E-state index contributed by atoms with van der Waals surface area (Å²) < 4.78 is 1.78. The van der Waals surface area contributed by atoms with E-state index in [0.717, 1.165) is 31.6 Å². The topological polar surface area (TPSA) is 58.4 Å². The number of hydrogen-bond acceptors (Lipinski definition) is 3. The van der Waals surface area contributed by atoms with E-state index in [4.69, 9.17) is 0 Å². The first-order valence-electron chi connectivity index (χ1n) is 10.2. The molecule has 28 heavy (non-hydrogen) atoms. The minimum Gasteiger partial charge on any atom is -0.342 e. The Balaban J connectivity index is 1.55. The van der Waals surface area contributed by atoms with Crippen molar-refractivity contribution in [3.05, 3.63) is 48.5 Å². The van der Waals surface area contributed by atoms with Crippen molar-refractivity contribution >= 4 is 17.5 Å². The molecule has 0 spiro atoms. The van der Waals surface area contributed by atoms with E-state index >= 15 is 0 Å². The van der Waals surface area contributed by atoms with Gasteiger partial charge in [-0.25, -0.2) is 4.98 Å². The number of anilines is 1. The molecule has 2 aliphatic heterocycles. The maximum atomic E-state index is 13.5. The highest BCUT2D eigenvalue weighted by Crippen LogP contribution is 2.31. The summed E-state index contributed by atoms with van der Waals surface area (Å²) in [5.74, 6) is 1.02. The lowest BCUT2D eigenvalue weighted by atomic mass is 9.91. The summed E-state index contributed by atoms with van der Waals surface area (Å²) in [6, 6.07) is 7.45. The summed E-state index contributed by atoms with van der Waals surface area (Å²) in [6.07, 6.45) is 7.26. The molecule has 0 saturated carbocycles. The van der Waals surface area contributed by atoms with Gasteiger partial charge in [-0.2, -0.15) is 0 Å². The second kappa shape index (κ2) is 7.78. The average molecular weight is 380 g/mol. The Morgan fingerprint density at radius 3 is 2.64 bits per heavy atom. The smallest absolute Gasteiger partial charge is 0.250 e. The Kier molecular flexibility index (Phi) is 5.20. The quantitative estimate of drug-likeness (QED) is 0.819. The maximum Gasteiger partial charge on any atom is 0.250 e. The molecule has 2 amide bonds. The first-order valence-corrected chi connectivity index (χ1v) is 10.2. The van der Waals surface area contributed by atoms with Crippen LogP contribution >= 0.6 is 0 Å². The van der Waals surface area contributed by atoms with Crippen LogP contribution in [-0.2, 0) is 16.0 Å². The molecule has 3 heterocycles. The third-order valence-corrected chi connectivity index (χ3v) is 5.91. The lowest BCUT2D eigenvalue weighted by Crippen LogP contribution is -2.45. The van der Waals surface area contributed by atoms with Gasteiger partial charge in [0.2, 0.25) is 5.91 Å². The number of benzene rings is 1. The number of piperidine rings is 1. The van der Waals surface area contributed by atoms with Gasteiger partial charge in [-0.1, -0.05) is 32.0 Å². The Morgan fingerprint density at radius 2 is 1.93 bits per heavy atom. The zero-order valence-electron chi connectivity index (χ0n) is 16.6. The molecular weight excluding hydrogens is 352 g/mol. The summed E-state index contributed by atoms with van der Waals surface area (Å²) in [5.41, 5.74) is 2.15. The van der Waals surface area contributed by atoms with E-state index in [0.29, 0.717) is 18.4 Å². The Morgan fingerprint density at radius 1 is 1.18 bits per heavy atom. The summed E-state index contributed by atoms with van der Waals surface area (Å²) >= 11 is 0. The van der Waals surface area contributed by atoms with Crippen molar-refractivity contribution in [2.24, 2.45) is 11.8 Å². The predicted octanol–water partition coefficient (Wildman–Crippen LogP) is 2.91. The van der Waals surface area contributed by atoms with Crippen LogP contribution in [0.25, 0.3) is 0 Å². The fourth-order valence-electron chi connectivity index (χ4n) is 4.68. The van der Waals surface area contributed by atoms with E-state index in [1.807, 2.05) is 28.0 Å². The van der Waals surface area contributed by atoms with Crippen LogP contribution in [0.1, 0.15) is 38.3 Å². The zero-order valence-corrected chi connectivity index (χ0v) is 16.6. The molecule has 0 aliphatic carbocycles. The summed E-state index contributed by atoms with van der Waals surface area (Å²) in [7, 11) is 0. The molecule has 3 unspecified atom stereocenters. The Bertz CT molecular complexity index is 838. The number of fused-ring (bicyclic) bond motifs is 1. The van der Waals surface area contributed by atoms with Crippen molar-refractivity contribution in [2.75, 3.05) is 24.5 Å². The van der Waals surface area contributed by atoms with E-state index in [-0.39, 0.29) is 18.2 Å². The second-order valence-electron chi connectivity index (χ2n) is 8.34. The van der Waals surface area contributed by atoms with Crippen molar-refractivity contribution in [1.29, 1.82) is 0 Å². The van der Waals surface area contributed by atoms with Gasteiger partial charge in [0.25, 0.3) is 5.91 Å². The number of carbonyl (C=O) groups is 2. The number of rotatable bonds is 4. The van der Waals surface area contributed by atoms with Crippen molar-refractivity contribution in [1.82, 2.24) is 14.5 Å². The standard InChI is InChI=1S/C22H28N4O2/c1-16-11-17(2)14-25(13-16)21(27)12-20(24-10-8-23-15-24)22(28)26-9-7-18-5-3-4-6-19(18)26/h3-6,8,10,15-17,20H,7,9,11-14H2,1-2H3. The first kappa shape index (κ1) is 18.7. The molecule has 0 radical (unpaired) electrons. The lowest BCUT2D eigenvalue weighted by molar-refractivity contribution is -0.137. The van der Waals surface area contributed by atoms with Crippen molar-refractivity contribution in [3.8, 4) is 0 Å². The molecule has 1 fully saturated rings. The monoisotopic (exact) mass is 380 g/mol. The molecule has 1 aromatic heterocycles. The average Bonchev–Trinajstić information content (AvgIpc) is 3.34. The first-order chi connectivity index (χ1) is 13.5. The molecule has 0 N–H and O–H groups in total. The molecule has 1 saturated heterocycles. The Labute approximate surface area is 166 Å². The third kappa shape index (κ3) is 3.68. The van der Waals surface area contributed by atoms with E-state index < -0.39 is 6.04 Å². The number of para-hydroxylation sites is 1. The highest BCUT2D eigenvalue weighted by molar-refractivity contribution is 6.00. The molecular formula is C22H28N4O2. The van der Waals surface area contributed by atoms with Crippen molar-refractivity contribution in [3.63, 3.8) is 0 Å². The van der Waals surface area contributed by atoms with Crippen LogP contribution in [0.5, 0.6) is 0 Å². The molecule has 0 bridgehead atoms. The van der Waals surface area contributed by atoms with Gasteiger partial charge >= 0.3 is 0 Å². The van der Waals surface area contributed by atoms with E-state index in [2.05, 4.69) is 24.9 Å². The van der Waals surface area contributed by atoms with Gasteiger partial charge < -0.3 is 14.4 Å². The molecule has 1 aromatic carbocycles.